The zero-order chi connectivity index (χ0) is 21.8. The third-order valence-corrected chi connectivity index (χ3v) is 6.91. The average molecular weight is 439 g/mol. The van der Waals surface area contributed by atoms with Crippen molar-refractivity contribution in [3.63, 3.8) is 0 Å². The molecule has 0 aromatic rings. The summed E-state index contributed by atoms with van der Waals surface area (Å²) in [6.45, 7) is 2.30. The van der Waals surface area contributed by atoms with Gasteiger partial charge in [0.1, 0.15) is 0 Å². The Kier molecular flexibility index (Phi) is 29.2. The van der Waals surface area contributed by atoms with Gasteiger partial charge in [0, 0.05) is 0 Å². The Morgan fingerprint density at radius 2 is 0.533 bits per heavy atom. The van der Waals surface area contributed by atoms with Crippen molar-refractivity contribution in [1.29, 1.82) is 0 Å². The molecule has 0 rings (SSSR count). The van der Waals surface area contributed by atoms with Crippen LogP contribution in [-0.4, -0.2) is 5.37 Å². The summed E-state index contributed by atoms with van der Waals surface area (Å²) in [7, 11) is 0. The molecule has 0 nitrogen and oxygen atoms in total. The Labute approximate surface area is 197 Å². The second-order valence-electron chi connectivity index (χ2n) is 9.79. The summed E-state index contributed by atoms with van der Waals surface area (Å²) in [5, 5.41) is 1.89. The minimum Gasteiger partial charge on any atom is -0.0935 e. The molecule has 180 valence electrons. The minimum absolute atomic E-state index is 1.13. The molecule has 0 radical (unpaired) electrons. The summed E-state index contributed by atoms with van der Waals surface area (Å²) in [5.74, 6) is 0. The summed E-state index contributed by atoms with van der Waals surface area (Å²) < 4.78 is 0. The molecule has 0 bridgehead atoms. The van der Waals surface area contributed by atoms with Crippen molar-refractivity contribution in [1.82, 2.24) is 0 Å². The molecule has 0 atom stereocenters. The van der Waals surface area contributed by atoms with Crippen LogP contribution in [-0.2, 0) is 0 Å². The highest BCUT2D eigenvalue weighted by Gasteiger charge is 1.96. The maximum atomic E-state index is 4.87. The minimum atomic E-state index is 1.13. The maximum Gasteiger partial charge on any atom is -0.0210 e. The van der Waals surface area contributed by atoms with E-state index in [1.807, 2.05) is 5.37 Å². The molecular formula is C29H58S. The first-order valence-electron chi connectivity index (χ1n) is 14.4. The van der Waals surface area contributed by atoms with Gasteiger partial charge in [0.2, 0.25) is 0 Å². The van der Waals surface area contributed by atoms with Gasteiger partial charge in [-0.25, -0.2) is 0 Å². The first-order chi connectivity index (χ1) is 14.9. The van der Waals surface area contributed by atoms with E-state index in [0.717, 1.165) is 6.42 Å². The predicted octanol–water partition coefficient (Wildman–Crippen LogP) is 11.5. The van der Waals surface area contributed by atoms with E-state index in [9.17, 15) is 0 Å². The molecule has 30 heavy (non-hydrogen) atoms. The van der Waals surface area contributed by atoms with Crippen LogP contribution >= 0.6 is 12.2 Å². The fourth-order valence-electron chi connectivity index (χ4n) is 4.54. The van der Waals surface area contributed by atoms with E-state index in [1.165, 1.54) is 167 Å². The van der Waals surface area contributed by atoms with Crippen molar-refractivity contribution in [2.75, 3.05) is 0 Å². The Balaban J connectivity index is 2.98. The van der Waals surface area contributed by atoms with Gasteiger partial charge in [-0.1, -0.05) is 180 Å². The molecule has 0 aromatic carbocycles. The largest absolute Gasteiger partial charge is 0.0935 e. The van der Waals surface area contributed by atoms with E-state index < -0.39 is 0 Å². The highest BCUT2D eigenvalue weighted by atomic mass is 32.1. The smallest absolute Gasteiger partial charge is 0.0210 e. The molecule has 0 unspecified atom stereocenters. The predicted molar refractivity (Wildman–Crippen MR) is 144 cm³/mol. The van der Waals surface area contributed by atoms with Crippen LogP contribution in [0.2, 0.25) is 0 Å². The third-order valence-electron chi connectivity index (χ3n) is 6.68. The lowest BCUT2D eigenvalue weighted by Crippen LogP contribution is -1.85. The number of hydrogen-bond acceptors (Lipinski definition) is 1. The van der Waals surface area contributed by atoms with Crippen LogP contribution in [0.3, 0.4) is 0 Å². The van der Waals surface area contributed by atoms with Gasteiger partial charge in [0.15, 0.2) is 0 Å². The van der Waals surface area contributed by atoms with Gasteiger partial charge in [-0.15, -0.1) is 0 Å². The highest BCUT2D eigenvalue weighted by molar-refractivity contribution is 7.78. The number of rotatable bonds is 27. The summed E-state index contributed by atoms with van der Waals surface area (Å²) in [4.78, 5) is 0. The molecule has 0 aromatic heterocycles. The van der Waals surface area contributed by atoms with Crippen LogP contribution in [0, 0.1) is 0 Å². The van der Waals surface area contributed by atoms with Crippen LogP contribution in [0.1, 0.15) is 180 Å². The molecule has 0 saturated heterocycles. The standard InChI is InChI=1S/C29H58S/c1-2-3-4-5-6-7-8-9-10-11-12-13-14-15-16-17-18-19-20-21-22-23-24-25-26-27-28-29-30/h29H,2-28H2,1H3. The fourth-order valence-corrected chi connectivity index (χ4v) is 4.71. The fraction of sp³-hybridized carbons (Fsp3) is 0.966. The monoisotopic (exact) mass is 438 g/mol. The second kappa shape index (κ2) is 29.1. The SMILES string of the molecule is CCCCCCCCCCCCCCCCCCCCCCCCCCCCC=S. The Hall–Kier alpha value is 0.0900. The number of unbranched alkanes of at least 4 members (excludes halogenated alkanes) is 26. The van der Waals surface area contributed by atoms with Gasteiger partial charge in [-0.3, -0.25) is 0 Å². The molecule has 0 aliphatic rings. The molecule has 0 aliphatic heterocycles. The summed E-state index contributed by atoms with van der Waals surface area (Å²) in [6, 6.07) is 0. The lowest BCUT2D eigenvalue weighted by Gasteiger charge is -2.04. The first-order valence-corrected chi connectivity index (χ1v) is 14.8. The van der Waals surface area contributed by atoms with Gasteiger partial charge >= 0.3 is 0 Å². The van der Waals surface area contributed by atoms with E-state index in [1.54, 1.807) is 0 Å². The van der Waals surface area contributed by atoms with Crippen LogP contribution in [0.15, 0.2) is 0 Å². The Morgan fingerprint density at radius 3 is 0.733 bits per heavy atom. The van der Waals surface area contributed by atoms with E-state index in [4.69, 9.17) is 12.2 Å². The zero-order valence-electron chi connectivity index (χ0n) is 21.1. The molecule has 0 saturated carbocycles. The summed E-state index contributed by atoms with van der Waals surface area (Å²) in [5.41, 5.74) is 0. The lowest BCUT2D eigenvalue weighted by molar-refractivity contribution is 0.515. The molecule has 0 heterocycles. The van der Waals surface area contributed by atoms with Crippen molar-refractivity contribution >= 4 is 17.6 Å². The molecule has 0 spiro atoms. The van der Waals surface area contributed by atoms with Gasteiger partial charge in [0.25, 0.3) is 0 Å². The highest BCUT2D eigenvalue weighted by Crippen LogP contribution is 2.16. The van der Waals surface area contributed by atoms with Crippen LogP contribution in [0.25, 0.3) is 0 Å². The topological polar surface area (TPSA) is 0 Å². The van der Waals surface area contributed by atoms with Crippen molar-refractivity contribution < 1.29 is 0 Å². The van der Waals surface area contributed by atoms with E-state index in [2.05, 4.69) is 6.92 Å². The molecule has 0 amide bonds. The van der Waals surface area contributed by atoms with Crippen molar-refractivity contribution in [2.24, 2.45) is 0 Å². The molecule has 0 aliphatic carbocycles. The molecule has 0 N–H and O–H groups in total. The number of thiocarbonyl (C=S) groups is 1. The van der Waals surface area contributed by atoms with Gasteiger partial charge in [-0.2, -0.15) is 0 Å². The van der Waals surface area contributed by atoms with Crippen LogP contribution in [0.4, 0.5) is 0 Å². The average Bonchev–Trinajstić information content (AvgIpc) is 2.76. The van der Waals surface area contributed by atoms with Crippen molar-refractivity contribution in [2.45, 2.75) is 180 Å². The van der Waals surface area contributed by atoms with Crippen molar-refractivity contribution in [3.05, 3.63) is 0 Å². The van der Waals surface area contributed by atoms with Gasteiger partial charge < -0.3 is 0 Å². The molecular weight excluding hydrogens is 380 g/mol. The Morgan fingerprint density at radius 1 is 0.333 bits per heavy atom. The normalized spacial score (nSPS) is 11.2. The van der Waals surface area contributed by atoms with E-state index >= 15 is 0 Å². The summed E-state index contributed by atoms with van der Waals surface area (Å²) in [6.07, 6.45) is 39.1. The summed E-state index contributed by atoms with van der Waals surface area (Å²) >= 11 is 4.87. The van der Waals surface area contributed by atoms with E-state index in [0.29, 0.717) is 0 Å². The number of hydrogen-bond donors (Lipinski definition) is 0. The van der Waals surface area contributed by atoms with Crippen LogP contribution in [0.5, 0.6) is 0 Å². The van der Waals surface area contributed by atoms with Gasteiger partial charge in [0.05, 0.1) is 0 Å². The quantitative estimate of drug-likeness (QED) is 0.0907. The van der Waals surface area contributed by atoms with Gasteiger partial charge in [-0.05, 0) is 18.2 Å². The second-order valence-corrected chi connectivity index (χ2v) is 10.1. The molecule has 0 fully saturated rings. The third kappa shape index (κ3) is 28.1. The zero-order valence-corrected chi connectivity index (χ0v) is 21.9. The van der Waals surface area contributed by atoms with E-state index in [-0.39, 0.29) is 0 Å². The van der Waals surface area contributed by atoms with Crippen molar-refractivity contribution in [3.8, 4) is 0 Å². The Bertz CT molecular complexity index is 299. The first kappa shape index (κ1) is 30.1. The molecule has 1 heteroatoms. The lowest BCUT2D eigenvalue weighted by atomic mass is 10.0. The van der Waals surface area contributed by atoms with Crippen LogP contribution < -0.4 is 0 Å². The maximum absolute atomic E-state index is 4.87.